The maximum absolute atomic E-state index is 3.91. The zero-order valence-electron chi connectivity index (χ0n) is 33.1. The third-order valence-electron chi connectivity index (χ3n) is 12.0. The molecule has 0 aliphatic heterocycles. The van der Waals surface area contributed by atoms with E-state index < -0.39 is 0 Å². The number of hydrogen-bond donors (Lipinski definition) is 0. The predicted molar refractivity (Wildman–Crippen MR) is 254 cm³/mol. The van der Waals surface area contributed by atoms with Gasteiger partial charge in [0.1, 0.15) is 0 Å². The summed E-state index contributed by atoms with van der Waals surface area (Å²) in [4.78, 5) is 2.40. The minimum absolute atomic E-state index is 0.107. The largest absolute Gasteiger partial charge is 0.310 e. The van der Waals surface area contributed by atoms with Gasteiger partial charge in [-0.15, -0.1) is 0 Å². The first-order chi connectivity index (χ1) is 29.0. The molecule has 1 aliphatic carbocycles. The van der Waals surface area contributed by atoms with Crippen molar-refractivity contribution in [2.75, 3.05) is 4.90 Å². The zero-order valence-corrected chi connectivity index (χ0v) is 34.7. The summed E-state index contributed by atoms with van der Waals surface area (Å²) < 4.78 is 1.07. The van der Waals surface area contributed by atoms with Crippen LogP contribution >= 0.6 is 15.9 Å². The Bertz CT molecular complexity index is 2950. The lowest BCUT2D eigenvalue weighted by atomic mass is 9.82. The number of halogens is 1. The molecule has 0 heterocycles. The van der Waals surface area contributed by atoms with Crippen molar-refractivity contribution in [2.45, 2.75) is 19.3 Å². The van der Waals surface area contributed by atoms with E-state index in [1.165, 1.54) is 72.3 Å². The number of rotatable bonds is 8. The fraction of sp³-hybridized carbons (Fsp3) is 0.0526. The normalized spacial score (nSPS) is 12.5. The average Bonchev–Trinajstić information content (AvgIpc) is 3.52. The van der Waals surface area contributed by atoms with Gasteiger partial charge in [-0.25, -0.2) is 0 Å². The van der Waals surface area contributed by atoms with Gasteiger partial charge in [0.05, 0.1) is 0 Å². The van der Waals surface area contributed by atoms with Crippen LogP contribution < -0.4 is 4.90 Å². The van der Waals surface area contributed by atoms with Crippen molar-refractivity contribution in [1.82, 2.24) is 0 Å². The molecule has 59 heavy (non-hydrogen) atoms. The molecule has 0 spiro atoms. The van der Waals surface area contributed by atoms with Gasteiger partial charge in [-0.05, 0) is 120 Å². The summed E-state index contributed by atoms with van der Waals surface area (Å²) in [6, 6.07) is 79.4. The third-order valence-corrected chi connectivity index (χ3v) is 12.7. The molecule has 0 unspecified atom stereocenters. The van der Waals surface area contributed by atoms with Gasteiger partial charge in [-0.1, -0.05) is 206 Å². The highest BCUT2D eigenvalue weighted by Gasteiger charge is 2.35. The lowest BCUT2D eigenvalue weighted by molar-refractivity contribution is 0.660. The topological polar surface area (TPSA) is 3.24 Å². The van der Waals surface area contributed by atoms with E-state index in [9.17, 15) is 0 Å². The summed E-state index contributed by atoms with van der Waals surface area (Å²) in [6.07, 6.45) is 0. The van der Waals surface area contributed by atoms with Crippen LogP contribution in [0.5, 0.6) is 0 Å². The number of hydrogen-bond acceptors (Lipinski definition) is 1. The van der Waals surface area contributed by atoms with Crippen LogP contribution in [0.4, 0.5) is 17.1 Å². The van der Waals surface area contributed by atoms with Gasteiger partial charge in [0, 0.05) is 26.9 Å². The van der Waals surface area contributed by atoms with Crippen LogP contribution in [0, 0.1) is 0 Å². The molecule has 0 amide bonds. The van der Waals surface area contributed by atoms with Gasteiger partial charge in [-0.3, -0.25) is 0 Å². The SMILES string of the molecule is CC1(C)c2ccccc2-c2ccc(N(c3ccc(-c4ccccc4)cc3)c3ccc(-c4ccccc4-c4cccc(-c5ccccc5)c4-c4ccccc4Br)cc3)cc21. The van der Waals surface area contributed by atoms with Gasteiger partial charge in [-0.2, -0.15) is 0 Å². The Morgan fingerprint density at radius 3 is 1.46 bits per heavy atom. The summed E-state index contributed by atoms with van der Waals surface area (Å²) in [5.41, 5.74) is 20.6. The monoisotopic (exact) mass is 819 g/mol. The first-order valence-electron chi connectivity index (χ1n) is 20.3. The molecule has 0 N–H and O–H groups in total. The van der Waals surface area contributed by atoms with Crippen molar-refractivity contribution >= 4 is 33.0 Å². The van der Waals surface area contributed by atoms with Crippen LogP contribution in [-0.4, -0.2) is 0 Å². The van der Waals surface area contributed by atoms with Crippen molar-refractivity contribution in [3.8, 4) is 66.8 Å². The summed E-state index contributed by atoms with van der Waals surface area (Å²) in [6.45, 7) is 4.70. The highest BCUT2D eigenvalue weighted by Crippen LogP contribution is 2.51. The van der Waals surface area contributed by atoms with E-state index in [-0.39, 0.29) is 5.41 Å². The minimum Gasteiger partial charge on any atom is -0.310 e. The third kappa shape index (κ3) is 6.60. The van der Waals surface area contributed by atoms with Crippen LogP contribution in [0.15, 0.2) is 223 Å². The van der Waals surface area contributed by atoms with Crippen LogP contribution in [-0.2, 0) is 5.41 Å². The molecular weight excluding hydrogens is 779 g/mol. The molecular formula is C57H42BrN. The quantitative estimate of drug-likeness (QED) is 0.148. The van der Waals surface area contributed by atoms with E-state index in [2.05, 4.69) is 253 Å². The molecule has 1 nitrogen and oxygen atoms in total. The van der Waals surface area contributed by atoms with Crippen molar-refractivity contribution < 1.29 is 0 Å². The van der Waals surface area contributed by atoms with E-state index >= 15 is 0 Å². The van der Waals surface area contributed by atoms with Crippen molar-refractivity contribution in [1.29, 1.82) is 0 Å². The fourth-order valence-electron chi connectivity index (χ4n) is 9.06. The maximum atomic E-state index is 3.91. The van der Waals surface area contributed by atoms with Crippen LogP contribution in [0.25, 0.3) is 66.8 Å². The highest BCUT2D eigenvalue weighted by molar-refractivity contribution is 9.10. The molecule has 0 saturated heterocycles. The van der Waals surface area contributed by atoms with E-state index in [4.69, 9.17) is 0 Å². The second-order valence-corrected chi connectivity index (χ2v) is 16.7. The number of benzene rings is 9. The molecule has 0 saturated carbocycles. The zero-order chi connectivity index (χ0) is 39.9. The van der Waals surface area contributed by atoms with Crippen molar-refractivity contribution in [3.63, 3.8) is 0 Å². The van der Waals surface area contributed by atoms with E-state index in [0.717, 1.165) is 27.1 Å². The first kappa shape index (κ1) is 36.6. The second-order valence-electron chi connectivity index (χ2n) is 15.8. The Balaban J connectivity index is 1.09. The Labute approximate surface area is 356 Å². The highest BCUT2D eigenvalue weighted by atomic mass is 79.9. The van der Waals surface area contributed by atoms with Crippen molar-refractivity contribution in [3.05, 3.63) is 234 Å². The van der Waals surface area contributed by atoms with Gasteiger partial charge < -0.3 is 4.90 Å². The Morgan fingerprint density at radius 2 is 0.780 bits per heavy atom. The van der Waals surface area contributed by atoms with Gasteiger partial charge >= 0.3 is 0 Å². The van der Waals surface area contributed by atoms with Gasteiger partial charge in [0.2, 0.25) is 0 Å². The van der Waals surface area contributed by atoms with Crippen LogP contribution in [0.1, 0.15) is 25.0 Å². The fourth-order valence-corrected chi connectivity index (χ4v) is 9.54. The van der Waals surface area contributed by atoms with Crippen LogP contribution in [0.2, 0.25) is 0 Å². The Morgan fingerprint density at radius 1 is 0.322 bits per heavy atom. The van der Waals surface area contributed by atoms with E-state index in [1.54, 1.807) is 0 Å². The van der Waals surface area contributed by atoms with Gasteiger partial charge in [0.15, 0.2) is 0 Å². The average molecular weight is 821 g/mol. The Kier molecular flexibility index (Phi) is 9.43. The second kappa shape index (κ2) is 15.2. The molecule has 282 valence electrons. The molecule has 9 aromatic rings. The lowest BCUT2D eigenvalue weighted by Crippen LogP contribution is -2.16. The molecule has 2 heteroatoms. The number of fused-ring (bicyclic) bond motifs is 3. The lowest BCUT2D eigenvalue weighted by Gasteiger charge is -2.28. The van der Waals surface area contributed by atoms with E-state index in [1.807, 2.05) is 0 Å². The summed E-state index contributed by atoms with van der Waals surface area (Å²) >= 11 is 3.91. The minimum atomic E-state index is -0.107. The maximum Gasteiger partial charge on any atom is 0.0465 e. The van der Waals surface area contributed by atoms with E-state index in [0.29, 0.717) is 0 Å². The van der Waals surface area contributed by atoms with Crippen LogP contribution in [0.3, 0.4) is 0 Å². The number of anilines is 3. The predicted octanol–water partition coefficient (Wildman–Crippen LogP) is 16.6. The Hall–Kier alpha value is -6.74. The summed E-state index contributed by atoms with van der Waals surface area (Å²) in [5.74, 6) is 0. The van der Waals surface area contributed by atoms with Crippen molar-refractivity contribution in [2.24, 2.45) is 0 Å². The molecule has 10 rings (SSSR count). The summed E-state index contributed by atoms with van der Waals surface area (Å²) in [7, 11) is 0. The molecule has 0 radical (unpaired) electrons. The molecule has 0 aromatic heterocycles. The molecule has 9 aromatic carbocycles. The number of nitrogens with zero attached hydrogens (tertiary/aromatic N) is 1. The first-order valence-corrected chi connectivity index (χ1v) is 21.1. The summed E-state index contributed by atoms with van der Waals surface area (Å²) in [5, 5.41) is 0. The molecule has 0 fully saturated rings. The standard InChI is InChI=1S/C57H42BrN/c1-57(2)53-26-13-11-22-49(53)50-37-36-45(38-54(50)57)59(43-32-28-40(29-33-43)39-16-5-3-6-17-39)44-34-30-42(31-35-44)46-20-9-10-21-48(46)51-25-15-24-47(41-18-7-4-8-19-41)56(51)52-23-12-14-27-55(52)58/h3-38H,1-2H3. The molecule has 1 aliphatic rings. The molecule has 0 bridgehead atoms. The molecule has 0 atom stereocenters. The van der Waals surface area contributed by atoms with Gasteiger partial charge in [0.25, 0.3) is 0 Å². The smallest absolute Gasteiger partial charge is 0.0465 e.